The van der Waals surface area contributed by atoms with Gasteiger partial charge >= 0.3 is 18.1 Å². The number of carbonyl (C=O) groups is 3. The second-order valence-corrected chi connectivity index (χ2v) is 8.44. The van der Waals surface area contributed by atoms with Crippen molar-refractivity contribution in [1.82, 2.24) is 5.32 Å². The van der Waals surface area contributed by atoms with E-state index in [0.717, 1.165) is 16.8 Å². The second-order valence-electron chi connectivity index (χ2n) is 8.44. The zero-order chi connectivity index (χ0) is 26.2. The molecule has 0 atom stereocenters. The lowest BCUT2D eigenvalue weighted by Gasteiger charge is -2.19. The van der Waals surface area contributed by atoms with Crippen LogP contribution in [-0.2, 0) is 27.3 Å². The van der Waals surface area contributed by atoms with Crippen LogP contribution in [0.5, 0.6) is 0 Å². The van der Waals surface area contributed by atoms with E-state index < -0.39 is 6.09 Å². The van der Waals surface area contributed by atoms with Crippen molar-refractivity contribution in [2.45, 2.75) is 19.4 Å². The molecular formula is C28H28N4O5. The van der Waals surface area contributed by atoms with Crippen LogP contribution in [0.2, 0.25) is 0 Å². The Bertz CT molecular complexity index is 1260. The van der Waals surface area contributed by atoms with E-state index >= 15 is 0 Å². The molecule has 1 heterocycles. The lowest BCUT2D eigenvalue weighted by Crippen LogP contribution is -2.32. The minimum absolute atomic E-state index is 0.0914. The number of hydrogen-bond donors (Lipinski definition) is 2. The summed E-state index contributed by atoms with van der Waals surface area (Å²) < 4.78 is 9.83. The summed E-state index contributed by atoms with van der Waals surface area (Å²) in [5.74, 6) is -0.347. The van der Waals surface area contributed by atoms with Gasteiger partial charge in [0.25, 0.3) is 0 Å². The molecule has 2 N–H and O–H groups in total. The Morgan fingerprint density at radius 1 is 0.865 bits per heavy atom. The largest absolute Gasteiger partial charge is 0.469 e. The summed E-state index contributed by atoms with van der Waals surface area (Å²) >= 11 is 0. The number of ether oxygens (including phenoxy) is 2. The van der Waals surface area contributed by atoms with E-state index in [0.29, 0.717) is 37.2 Å². The van der Waals surface area contributed by atoms with Crippen LogP contribution in [0.1, 0.15) is 23.1 Å². The average Bonchev–Trinajstić information content (AvgIpc) is 3.32. The maximum absolute atomic E-state index is 13.1. The SMILES string of the molecule is COC(=O)CCc1ccc(N2CCN(c3ccc(C(=N)NC(=O)OCc4ccccc4)cc3)C2=O)cc1. The van der Waals surface area contributed by atoms with Crippen molar-refractivity contribution >= 4 is 35.3 Å². The van der Waals surface area contributed by atoms with Crippen LogP contribution in [0.25, 0.3) is 0 Å². The second kappa shape index (κ2) is 11.9. The molecule has 0 spiro atoms. The Balaban J connectivity index is 1.31. The smallest absolute Gasteiger partial charge is 0.413 e. The number of hydrogen-bond acceptors (Lipinski definition) is 6. The van der Waals surface area contributed by atoms with Gasteiger partial charge in [0, 0.05) is 36.4 Å². The van der Waals surface area contributed by atoms with Crippen molar-refractivity contribution in [1.29, 1.82) is 5.41 Å². The van der Waals surface area contributed by atoms with Gasteiger partial charge in [-0.3, -0.25) is 25.3 Å². The number of nitrogens with one attached hydrogen (secondary N) is 2. The summed E-state index contributed by atoms with van der Waals surface area (Å²) in [4.78, 5) is 39.8. The van der Waals surface area contributed by atoms with Crippen LogP contribution < -0.4 is 15.1 Å². The first-order valence-corrected chi connectivity index (χ1v) is 11.9. The molecule has 1 aliphatic heterocycles. The van der Waals surface area contributed by atoms with Gasteiger partial charge in [0.15, 0.2) is 0 Å². The number of methoxy groups -OCH3 is 1. The van der Waals surface area contributed by atoms with Gasteiger partial charge in [-0.1, -0.05) is 42.5 Å². The molecule has 0 bridgehead atoms. The number of alkyl carbamates (subject to hydrolysis) is 1. The minimum atomic E-state index is -0.709. The van der Waals surface area contributed by atoms with Crippen LogP contribution in [0.4, 0.5) is 21.0 Å². The number of esters is 1. The molecule has 37 heavy (non-hydrogen) atoms. The summed E-state index contributed by atoms with van der Waals surface area (Å²) in [7, 11) is 1.37. The highest BCUT2D eigenvalue weighted by Gasteiger charge is 2.30. The summed E-state index contributed by atoms with van der Waals surface area (Å²) in [6.45, 7) is 1.17. The molecule has 0 unspecified atom stereocenters. The fraction of sp³-hybridized carbons (Fsp3) is 0.214. The predicted molar refractivity (Wildman–Crippen MR) is 140 cm³/mol. The lowest BCUT2D eigenvalue weighted by molar-refractivity contribution is -0.140. The van der Waals surface area contributed by atoms with Crippen molar-refractivity contribution in [3.05, 3.63) is 95.6 Å². The van der Waals surface area contributed by atoms with Crippen LogP contribution in [0, 0.1) is 5.41 Å². The van der Waals surface area contributed by atoms with Crippen molar-refractivity contribution in [2.24, 2.45) is 0 Å². The summed E-state index contributed by atoms with van der Waals surface area (Å²) in [5, 5.41) is 10.6. The number of rotatable bonds is 8. The van der Waals surface area contributed by atoms with Gasteiger partial charge in [0.2, 0.25) is 0 Å². The highest BCUT2D eigenvalue weighted by molar-refractivity contribution is 6.07. The van der Waals surface area contributed by atoms with E-state index in [-0.39, 0.29) is 24.4 Å². The molecule has 1 fully saturated rings. The van der Waals surface area contributed by atoms with Crippen molar-refractivity contribution in [2.75, 3.05) is 30.0 Å². The van der Waals surface area contributed by atoms with E-state index in [1.165, 1.54) is 7.11 Å². The number of amidine groups is 1. The number of benzene rings is 3. The number of anilines is 2. The van der Waals surface area contributed by atoms with E-state index in [2.05, 4.69) is 10.1 Å². The number of carbonyl (C=O) groups excluding carboxylic acids is 3. The molecule has 1 aliphatic rings. The molecule has 0 aliphatic carbocycles. The fourth-order valence-electron chi connectivity index (χ4n) is 3.95. The molecule has 3 aromatic carbocycles. The third kappa shape index (κ3) is 6.52. The molecule has 9 nitrogen and oxygen atoms in total. The van der Waals surface area contributed by atoms with E-state index in [1.807, 2.05) is 54.6 Å². The molecule has 1 saturated heterocycles. The first-order valence-electron chi connectivity index (χ1n) is 11.9. The fourth-order valence-corrected chi connectivity index (χ4v) is 3.95. The van der Waals surface area contributed by atoms with E-state index in [1.54, 1.807) is 34.1 Å². The monoisotopic (exact) mass is 500 g/mol. The van der Waals surface area contributed by atoms with Gasteiger partial charge in [-0.2, -0.15) is 0 Å². The number of urea groups is 1. The molecule has 0 radical (unpaired) electrons. The molecule has 0 aromatic heterocycles. The van der Waals surface area contributed by atoms with E-state index in [9.17, 15) is 14.4 Å². The van der Waals surface area contributed by atoms with Gasteiger partial charge < -0.3 is 9.47 Å². The van der Waals surface area contributed by atoms with Crippen molar-refractivity contribution < 1.29 is 23.9 Å². The summed E-state index contributed by atoms with van der Waals surface area (Å²) in [5.41, 5.74) is 3.82. The topological polar surface area (TPSA) is 112 Å². The Morgan fingerprint density at radius 2 is 1.46 bits per heavy atom. The highest BCUT2D eigenvalue weighted by atomic mass is 16.5. The average molecular weight is 501 g/mol. The Kier molecular flexibility index (Phi) is 8.15. The molecule has 4 rings (SSSR count). The third-order valence-electron chi connectivity index (χ3n) is 6.01. The standard InChI is InChI=1S/C28H28N4O5/c1-36-25(33)16-9-20-7-12-23(13-8-20)31-17-18-32(28(31)35)24-14-10-22(11-15-24)26(29)30-27(34)37-19-21-5-3-2-4-6-21/h2-8,10-15H,9,16-19H2,1H3,(H2,29,30,34). The molecule has 9 heteroatoms. The van der Waals surface area contributed by atoms with Crippen molar-refractivity contribution in [3.8, 4) is 0 Å². The molecule has 3 amide bonds. The van der Waals surface area contributed by atoms with Crippen LogP contribution in [0.15, 0.2) is 78.9 Å². The Morgan fingerprint density at radius 3 is 2.05 bits per heavy atom. The third-order valence-corrected chi connectivity index (χ3v) is 6.01. The zero-order valence-electron chi connectivity index (χ0n) is 20.5. The normalized spacial score (nSPS) is 12.8. The van der Waals surface area contributed by atoms with Gasteiger partial charge in [-0.25, -0.2) is 9.59 Å². The minimum Gasteiger partial charge on any atom is -0.469 e. The number of amides is 3. The molecule has 190 valence electrons. The summed E-state index contributed by atoms with van der Waals surface area (Å²) in [6, 6.07) is 23.6. The number of nitrogens with zero attached hydrogens (tertiary/aromatic N) is 2. The van der Waals surface area contributed by atoms with Gasteiger partial charge in [-0.15, -0.1) is 0 Å². The molecular weight excluding hydrogens is 472 g/mol. The van der Waals surface area contributed by atoms with Crippen LogP contribution >= 0.6 is 0 Å². The van der Waals surface area contributed by atoms with Gasteiger partial charge in [-0.05, 0) is 53.9 Å². The number of aryl methyl sites for hydroxylation is 1. The highest BCUT2D eigenvalue weighted by Crippen LogP contribution is 2.26. The van der Waals surface area contributed by atoms with E-state index in [4.69, 9.17) is 10.1 Å². The van der Waals surface area contributed by atoms with Crippen molar-refractivity contribution in [3.63, 3.8) is 0 Å². The van der Waals surface area contributed by atoms with Gasteiger partial charge in [0.05, 0.1) is 7.11 Å². The quantitative estimate of drug-likeness (QED) is 0.269. The van der Waals surface area contributed by atoms with Gasteiger partial charge in [0.1, 0.15) is 12.4 Å². The molecule has 0 saturated carbocycles. The predicted octanol–water partition coefficient (Wildman–Crippen LogP) is 4.49. The maximum atomic E-state index is 13.1. The summed E-state index contributed by atoms with van der Waals surface area (Å²) in [6.07, 6.45) is 0.178. The Hall–Kier alpha value is -4.66. The first-order chi connectivity index (χ1) is 17.9. The van der Waals surface area contributed by atoms with Crippen LogP contribution in [-0.4, -0.2) is 44.1 Å². The molecule has 3 aromatic rings. The maximum Gasteiger partial charge on any atom is 0.413 e. The Labute approximate surface area is 215 Å². The first kappa shape index (κ1) is 25.4. The van der Waals surface area contributed by atoms with Crippen LogP contribution in [0.3, 0.4) is 0 Å². The lowest BCUT2D eigenvalue weighted by atomic mass is 10.1. The zero-order valence-corrected chi connectivity index (χ0v) is 20.5.